The highest BCUT2D eigenvalue weighted by atomic mass is 16.5. The minimum Gasteiger partial charge on any atom is -0.361 e. The Morgan fingerprint density at radius 1 is 1.64 bits per heavy atom. The van der Waals surface area contributed by atoms with Crippen LogP contribution in [-0.2, 0) is 0 Å². The van der Waals surface area contributed by atoms with E-state index >= 15 is 0 Å². The Bertz CT molecular complexity index is 248. The first-order valence-corrected chi connectivity index (χ1v) is 3.32. The summed E-state index contributed by atoms with van der Waals surface area (Å²) in [5, 5.41) is 8.34. The maximum absolute atomic E-state index is 8.35. The molecular weight excluding hydrogens is 142 g/mol. The van der Waals surface area contributed by atoms with Gasteiger partial charge in [-0.2, -0.15) is 4.79 Å². The third kappa shape index (κ3) is 2.13. The van der Waals surface area contributed by atoms with Gasteiger partial charge < -0.3 is 10.7 Å². The van der Waals surface area contributed by atoms with Crippen molar-refractivity contribution in [1.82, 2.24) is 5.48 Å². The van der Waals surface area contributed by atoms with Gasteiger partial charge in [0.2, 0.25) is 0 Å². The summed E-state index contributed by atoms with van der Waals surface area (Å²) < 4.78 is 0. The number of hydroxylamine groups is 1. The standard InChI is InChI=1S/C7H9N3O/c8-10-7-3-1-6(2-4-7)5-9-11/h1-3,9,11H,4-5H2. The van der Waals surface area contributed by atoms with E-state index in [4.69, 9.17) is 10.7 Å². The molecule has 0 bridgehead atoms. The van der Waals surface area contributed by atoms with Gasteiger partial charge in [-0.3, -0.25) is 0 Å². The van der Waals surface area contributed by atoms with Crippen LogP contribution in [-0.4, -0.2) is 22.3 Å². The van der Waals surface area contributed by atoms with Crippen molar-refractivity contribution in [1.29, 1.82) is 0 Å². The Hall–Kier alpha value is -1.22. The highest BCUT2D eigenvalue weighted by molar-refractivity contribution is 5.93. The zero-order valence-electron chi connectivity index (χ0n) is 5.99. The lowest BCUT2D eigenvalue weighted by Crippen LogP contribution is -2.12. The molecule has 0 fully saturated rings. The average molecular weight is 151 g/mol. The zero-order chi connectivity index (χ0) is 8.10. The molecule has 2 N–H and O–H groups in total. The monoisotopic (exact) mass is 151 g/mol. The molecule has 11 heavy (non-hydrogen) atoms. The van der Waals surface area contributed by atoms with Crippen molar-refractivity contribution in [3.8, 4) is 0 Å². The molecule has 4 heteroatoms. The normalized spacial score (nSPS) is 16.1. The predicted octanol–water partition coefficient (Wildman–Crippen LogP) is 0.522. The van der Waals surface area contributed by atoms with Crippen LogP contribution in [0.2, 0.25) is 0 Å². The second-order valence-electron chi connectivity index (χ2n) is 2.24. The van der Waals surface area contributed by atoms with Crippen molar-refractivity contribution in [2.45, 2.75) is 6.42 Å². The molecule has 0 spiro atoms. The summed E-state index contributed by atoms with van der Waals surface area (Å²) in [6, 6.07) is 0. The Morgan fingerprint density at radius 2 is 2.45 bits per heavy atom. The summed E-state index contributed by atoms with van der Waals surface area (Å²) in [6.45, 7) is 0.426. The maximum atomic E-state index is 8.35. The van der Waals surface area contributed by atoms with Gasteiger partial charge in [-0.15, -0.1) is 0 Å². The molecule has 0 radical (unpaired) electrons. The summed E-state index contributed by atoms with van der Waals surface area (Å²) in [7, 11) is 0. The number of hydrogen-bond acceptors (Lipinski definition) is 2. The predicted molar refractivity (Wildman–Crippen MR) is 40.3 cm³/mol. The fraction of sp³-hybridized carbons (Fsp3) is 0.286. The molecule has 58 valence electrons. The average Bonchev–Trinajstić information content (AvgIpc) is 2.07. The van der Waals surface area contributed by atoms with Gasteiger partial charge in [0.25, 0.3) is 5.71 Å². The van der Waals surface area contributed by atoms with E-state index < -0.39 is 0 Å². The Kier molecular flexibility index (Phi) is 2.74. The fourth-order valence-electron chi connectivity index (χ4n) is 0.872. The molecule has 4 nitrogen and oxygen atoms in total. The Morgan fingerprint density at radius 3 is 2.91 bits per heavy atom. The molecule has 0 unspecified atom stereocenters. The van der Waals surface area contributed by atoms with Crippen LogP contribution in [0.25, 0.3) is 5.53 Å². The molecule has 0 heterocycles. The molecule has 1 aliphatic rings. The summed E-state index contributed by atoms with van der Waals surface area (Å²) in [4.78, 5) is 3.04. The second-order valence-corrected chi connectivity index (χ2v) is 2.24. The highest BCUT2D eigenvalue weighted by Gasteiger charge is 2.06. The Labute approximate surface area is 64.4 Å². The molecule has 0 aromatic rings. The molecule has 0 atom stereocenters. The van der Waals surface area contributed by atoms with Crippen LogP contribution in [0.5, 0.6) is 0 Å². The molecule has 0 saturated carbocycles. The lowest BCUT2D eigenvalue weighted by Gasteiger charge is -2.01. The molecule has 0 aromatic heterocycles. The van der Waals surface area contributed by atoms with Crippen LogP contribution >= 0.6 is 0 Å². The number of rotatable bonds is 2. The molecule has 0 amide bonds. The van der Waals surface area contributed by atoms with E-state index in [0.717, 1.165) is 5.57 Å². The third-order valence-electron chi connectivity index (χ3n) is 1.47. The van der Waals surface area contributed by atoms with Crippen LogP contribution in [0, 0.1) is 0 Å². The number of nitrogens with zero attached hydrogens (tertiary/aromatic N) is 2. The van der Waals surface area contributed by atoms with Gasteiger partial charge in [0.1, 0.15) is 0 Å². The molecule has 0 aromatic carbocycles. The number of allylic oxidation sites excluding steroid dienone is 2. The van der Waals surface area contributed by atoms with Crippen LogP contribution in [0.3, 0.4) is 0 Å². The van der Waals surface area contributed by atoms with Crippen molar-refractivity contribution >= 4 is 5.71 Å². The lowest BCUT2D eigenvalue weighted by atomic mass is 10.1. The van der Waals surface area contributed by atoms with Crippen LogP contribution in [0.15, 0.2) is 23.8 Å². The quantitative estimate of drug-likeness (QED) is 0.343. The minimum atomic E-state index is 0.426. The van der Waals surface area contributed by atoms with Gasteiger partial charge in [-0.25, -0.2) is 5.48 Å². The largest absolute Gasteiger partial charge is 0.361 e. The van der Waals surface area contributed by atoms with E-state index in [-0.39, 0.29) is 0 Å². The summed E-state index contributed by atoms with van der Waals surface area (Å²) in [5.74, 6) is 0. The summed E-state index contributed by atoms with van der Waals surface area (Å²) in [5.41, 5.74) is 12.0. The first-order chi connectivity index (χ1) is 5.36. The Balaban J connectivity index is 2.59. The van der Waals surface area contributed by atoms with E-state index in [9.17, 15) is 0 Å². The van der Waals surface area contributed by atoms with Gasteiger partial charge >= 0.3 is 0 Å². The third-order valence-corrected chi connectivity index (χ3v) is 1.47. The fourth-order valence-corrected chi connectivity index (χ4v) is 0.872. The first-order valence-electron chi connectivity index (χ1n) is 3.32. The second kappa shape index (κ2) is 3.83. The van der Waals surface area contributed by atoms with Crippen LogP contribution in [0.1, 0.15) is 6.42 Å². The van der Waals surface area contributed by atoms with Gasteiger partial charge in [-0.1, -0.05) is 12.2 Å². The lowest BCUT2D eigenvalue weighted by molar-refractivity contribution is -0.00542. The SMILES string of the molecule is [N-]=[N+]=C1C=CC(CNO)=CC1. The van der Waals surface area contributed by atoms with Gasteiger partial charge in [0.15, 0.2) is 0 Å². The van der Waals surface area contributed by atoms with Crippen molar-refractivity contribution in [3.05, 3.63) is 29.3 Å². The zero-order valence-corrected chi connectivity index (χ0v) is 5.99. The first kappa shape index (κ1) is 7.88. The minimum absolute atomic E-state index is 0.426. The van der Waals surface area contributed by atoms with E-state index in [1.54, 1.807) is 12.2 Å². The molecule has 1 aliphatic carbocycles. The van der Waals surface area contributed by atoms with Gasteiger partial charge in [-0.05, 0) is 5.57 Å². The smallest absolute Gasteiger partial charge is 0.295 e. The number of hydrogen-bond donors (Lipinski definition) is 2. The maximum Gasteiger partial charge on any atom is 0.295 e. The van der Waals surface area contributed by atoms with Gasteiger partial charge in [0, 0.05) is 12.6 Å². The molecule has 0 aliphatic heterocycles. The van der Waals surface area contributed by atoms with E-state index in [2.05, 4.69) is 4.79 Å². The molecule has 0 saturated heterocycles. The van der Waals surface area contributed by atoms with E-state index in [1.807, 2.05) is 11.6 Å². The summed E-state index contributed by atoms with van der Waals surface area (Å²) in [6.07, 6.45) is 6.01. The van der Waals surface area contributed by atoms with Crippen molar-refractivity contribution in [3.63, 3.8) is 0 Å². The van der Waals surface area contributed by atoms with Crippen molar-refractivity contribution in [2.75, 3.05) is 6.54 Å². The van der Waals surface area contributed by atoms with Crippen molar-refractivity contribution < 1.29 is 10.00 Å². The van der Waals surface area contributed by atoms with Crippen molar-refractivity contribution in [2.24, 2.45) is 0 Å². The van der Waals surface area contributed by atoms with Crippen LogP contribution in [0.4, 0.5) is 0 Å². The number of nitrogens with one attached hydrogen (secondary N) is 1. The van der Waals surface area contributed by atoms with Crippen LogP contribution < -0.4 is 5.48 Å². The molecular formula is C7H9N3O. The topological polar surface area (TPSA) is 68.7 Å². The highest BCUT2D eigenvalue weighted by Crippen LogP contribution is 2.05. The summed E-state index contributed by atoms with van der Waals surface area (Å²) >= 11 is 0. The van der Waals surface area contributed by atoms with Gasteiger partial charge in [0.05, 0.1) is 6.42 Å². The van der Waals surface area contributed by atoms with E-state index in [1.165, 1.54) is 0 Å². The van der Waals surface area contributed by atoms with E-state index in [0.29, 0.717) is 18.7 Å². The molecule has 1 rings (SSSR count).